The van der Waals surface area contributed by atoms with Crippen molar-refractivity contribution in [3.63, 3.8) is 0 Å². The molecule has 108 valence electrons. The van der Waals surface area contributed by atoms with E-state index in [1.807, 2.05) is 0 Å². The highest BCUT2D eigenvalue weighted by atomic mass is 19.3. The Balaban J connectivity index is 2.02. The number of benzene rings is 1. The van der Waals surface area contributed by atoms with E-state index in [2.05, 4.69) is 0 Å². The van der Waals surface area contributed by atoms with E-state index in [0.29, 0.717) is 11.1 Å². The van der Waals surface area contributed by atoms with E-state index in [1.54, 1.807) is 18.2 Å². The number of alkyl halides is 3. The fourth-order valence-electron chi connectivity index (χ4n) is 2.01. The molecule has 1 aromatic carbocycles. The van der Waals surface area contributed by atoms with Crippen molar-refractivity contribution in [2.75, 3.05) is 12.3 Å². The molecular formula is C12H12F3N3O2. The Morgan fingerprint density at radius 1 is 1.40 bits per heavy atom. The normalized spacial score (nSPS) is 15.4. The zero-order chi connectivity index (χ0) is 14.9. The SMILES string of the molecule is Nc1cccc2c1C(=O)N(CC(=O)NC(F)C(F)F)C2. The smallest absolute Gasteiger partial charge is 0.287 e. The average molecular weight is 287 g/mol. The molecule has 3 N–H and O–H groups in total. The Hall–Kier alpha value is -2.25. The van der Waals surface area contributed by atoms with Gasteiger partial charge in [-0.1, -0.05) is 12.1 Å². The van der Waals surface area contributed by atoms with Crippen molar-refractivity contribution in [3.8, 4) is 0 Å². The molecule has 8 heteroatoms. The first-order chi connectivity index (χ1) is 9.40. The third-order valence-corrected chi connectivity index (χ3v) is 2.90. The van der Waals surface area contributed by atoms with Gasteiger partial charge in [-0.2, -0.15) is 0 Å². The molecule has 0 saturated heterocycles. The number of nitrogens with zero attached hydrogens (tertiary/aromatic N) is 1. The third-order valence-electron chi connectivity index (χ3n) is 2.90. The summed E-state index contributed by atoms with van der Waals surface area (Å²) in [5, 5.41) is 1.49. The number of nitrogens with one attached hydrogen (secondary N) is 1. The molecule has 2 amide bonds. The van der Waals surface area contributed by atoms with E-state index in [1.165, 1.54) is 5.32 Å². The molecule has 1 aliphatic heterocycles. The first-order valence-corrected chi connectivity index (χ1v) is 5.78. The van der Waals surface area contributed by atoms with Crippen molar-refractivity contribution in [1.82, 2.24) is 10.2 Å². The fraction of sp³-hybridized carbons (Fsp3) is 0.333. The standard InChI is InChI=1S/C12H12F3N3O2/c13-10(14)11(15)17-8(19)5-18-4-6-2-1-3-7(16)9(6)12(18)20/h1-3,10-11H,4-5,16H2,(H,17,19). The van der Waals surface area contributed by atoms with Crippen LogP contribution in [0.5, 0.6) is 0 Å². The van der Waals surface area contributed by atoms with Crippen molar-refractivity contribution in [3.05, 3.63) is 29.3 Å². The van der Waals surface area contributed by atoms with Gasteiger partial charge >= 0.3 is 0 Å². The van der Waals surface area contributed by atoms with Gasteiger partial charge in [-0.3, -0.25) is 9.59 Å². The lowest BCUT2D eigenvalue weighted by atomic mass is 10.1. The number of fused-ring (bicyclic) bond motifs is 1. The predicted octanol–water partition coefficient (Wildman–Crippen LogP) is 0.902. The maximum atomic E-state index is 12.7. The van der Waals surface area contributed by atoms with E-state index < -0.39 is 31.1 Å². The van der Waals surface area contributed by atoms with Crippen LogP contribution in [0, 0.1) is 0 Å². The van der Waals surface area contributed by atoms with E-state index >= 15 is 0 Å². The summed E-state index contributed by atoms with van der Waals surface area (Å²) in [4.78, 5) is 24.5. The van der Waals surface area contributed by atoms with E-state index in [0.717, 1.165) is 4.90 Å². The number of carbonyl (C=O) groups is 2. The molecular weight excluding hydrogens is 275 g/mol. The van der Waals surface area contributed by atoms with Crippen LogP contribution in [0.4, 0.5) is 18.9 Å². The van der Waals surface area contributed by atoms with Gasteiger partial charge in [0.1, 0.15) is 6.54 Å². The van der Waals surface area contributed by atoms with E-state index in [9.17, 15) is 22.8 Å². The number of amides is 2. The molecule has 1 unspecified atom stereocenters. The van der Waals surface area contributed by atoms with Gasteiger partial charge in [0.05, 0.1) is 5.56 Å². The molecule has 5 nitrogen and oxygen atoms in total. The number of halogens is 3. The second kappa shape index (κ2) is 5.40. The molecule has 0 saturated carbocycles. The lowest BCUT2D eigenvalue weighted by molar-refractivity contribution is -0.125. The maximum absolute atomic E-state index is 12.7. The summed E-state index contributed by atoms with van der Waals surface area (Å²) in [5.74, 6) is -1.46. The van der Waals surface area contributed by atoms with Gasteiger partial charge in [-0.25, -0.2) is 13.2 Å². The van der Waals surface area contributed by atoms with Crippen LogP contribution in [-0.2, 0) is 11.3 Å². The third kappa shape index (κ3) is 2.68. The predicted molar refractivity (Wildman–Crippen MR) is 64.6 cm³/mol. The molecule has 1 aliphatic rings. The zero-order valence-electron chi connectivity index (χ0n) is 10.3. The molecule has 0 aliphatic carbocycles. The summed E-state index contributed by atoms with van der Waals surface area (Å²) in [6.45, 7) is -0.363. The summed E-state index contributed by atoms with van der Waals surface area (Å²) in [5.41, 5.74) is 6.90. The van der Waals surface area contributed by atoms with Gasteiger partial charge in [0.25, 0.3) is 12.3 Å². The Morgan fingerprint density at radius 2 is 2.10 bits per heavy atom. The second-order valence-electron chi connectivity index (χ2n) is 4.35. The molecule has 1 heterocycles. The summed E-state index contributed by atoms with van der Waals surface area (Å²) < 4.78 is 36.6. The summed E-state index contributed by atoms with van der Waals surface area (Å²) in [6.07, 6.45) is -6.05. The van der Waals surface area contributed by atoms with Gasteiger partial charge in [-0.05, 0) is 11.6 Å². The summed E-state index contributed by atoms with van der Waals surface area (Å²) in [7, 11) is 0. The van der Waals surface area contributed by atoms with Gasteiger partial charge in [0, 0.05) is 12.2 Å². The van der Waals surface area contributed by atoms with Crippen LogP contribution in [0.3, 0.4) is 0 Å². The lowest BCUT2D eigenvalue weighted by Crippen LogP contribution is -2.43. The monoisotopic (exact) mass is 287 g/mol. The number of carbonyl (C=O) groups excluding carboxylic acids is 2. The minimum Gasteiger partial charge on any atom is -0.398 e. The minimum absolute atomic E-state index is 0.137. The van der Waals surface area contributed by atoms with Crippen LogP contribution in [0.2, 0.25) is 0 Å². The van der Waals surface area contributed by atoms with Gasteiger partial charge < -0.3 is 16.0 Å². The molecule has 20 heavy (non-hydrogen) atoms. The maximum Gasteiger partial charge on any atom is 0.287 e. The molecule has 0 spiro atoms. The first-order valence-electron chi connectivity index (χ1n) is 5.78. The Bertz CT molecular complexity index is 551. The Morgan fingerprint density at radius 3 is 2.70 bits per heavy atom. The van der Waals surface area contributed by atoms with Gasteiger partial charge in [-0.15, -0.1) is 0 Å². The number of hydrogen-bond donors (Lipinski definition) is 2. The van der Waals surface area contributed by atoms with E-state index in [-0.39, 0.29) is 12.2 Å². The van der Waals surface area contributed by atoms with Crippen LogP contribution < -0.4 is 11.1 Å². The molecule has 0 radical (unpaired) electrons. The van der Waals surface area contributed by atoms with Gasteiger partial charge in [0.15, 0.2) is 0 Å². The van der Waals surface area contributed by atoms with Crippen LogP contribution in [0.25, 0.3) is 0 Å². The molecule has 0 bridgehead atoms. The number of anilines is 1. The first kappa shape index (κ1) is 14.2. The van der Waals surface area contributed by atoms with Crippen molar-refractivity contribution < 1.29 is 22.8 Å². The largest absolute Gasteiger partial charge is 0.398 e. The van der Waals surface area contributed by atoms with Crippen LogP contribution in [0.1, 0.15) is 15.9 Å². The Labute approximate surface area is 112 Å². The molecule has 0 aromatic heterocycles. The highest BCUT2D eigenvalue weighted by molar-refractivity contribution is 6.04. The summed E-state index contributed by atoms with van der Waals surface area (Å²) in [6, 6.07) is 4.90. The zero-order valence-corrected chi connectivity index (χ0v) is 10.3. The molecule has 0 fully saturated rings. The summed E-state index contributed by atoms with van der Waals surface area (Å²) >= 11 is 0. The lowest BCUT2D eigenvalue weighted by Gasteiger charge is -2.16. The average Bonchev–Trinajstić information content (AvgIpc) is 2.67. The van der Waals surface area contributed by atoms with Crippen LogP contribution in [-0.4, -0.2) is 36.0 Å². The second-order valence-corrected chi connectivity index (χ2v) is 4.35. The van der Waals surface area contributed by atoms with Crippen molar-refractivity contribution in [1.29, 1.82) is 0 Å². The highest BCUT2D eigenvalue weighted by Crippen LogP contribution is 2.27. The Kier molecular flexibility index (Phi) is 3.82. The molecule has 1 aromatic rings. The van der Waals surface area contributed by atoms with Crippen LogP contribution >= 0.6 is 0 Å². The highest BCUT2D eigenvalue weighted by Gasteiger charge is 2.31. The van der Waals surface area contributed by atoms with Crippen molar-refractivity contribution >= 4 is 17.5 Å². The fourth-order valence-corrected chi connectivity index (χ4v) is 2.01. The van der Waals surface area contributed by atoms with Gasteiger partial charge in [0.2, 0.25) is 12.2 Å². The quantitative estimate of drug-likeness (QED) is 0.638. The van der Waals surface area contributed by atoms with E-state index in [4.69, 9.17) is 5.73 Å². The minimum atomic E-state index is -3.30. The number of hydrogen-bond acceptors (Lipinski definition) is 3. The molecule has 1 atom stereocenters. The number of nitrogens with two attached hydrogens (primary N) is 1. The number of rotatable bonds is 4. The van der Waals surface area contributed by atoms with Crippen molar-refractivity contribution in [2.45, 2.75) is 19.3 Å². The topological polar surface area (TPSA) is 75.4 Å². The van der Waals surface area contributed by atoms with Crippen LogP contribution in [0.15, 0.2) is 18.2 Å². The molecule has 2 rings (SSSR count). The number of nitrogen functional groups attached to an aromatic ring is 1. The van der Waals surface area contributed by atoms with Crippen molar-refractivity contribution in [2.24, 2.45) is 0 Å².